The molecule has 3 aromatic rings. The van der Waals surface area contributed by atoms with E-state index in [2.05, 4.69) is 10.3 Å². The van der Waals surface area contributed by atoms with Crippen LogP contribution in [0.25, 0.3) is 10.9 Å². The lowest BCUT2D eigenvalue weighted by Gasteiger charge is -2.20. The first-order valence-corrected chi connectivity index (χ1v) is 6.41. The van der Waals surface area contributed by atoms with Gasteiger partial charge in [0.05, 0.1) is 0 Å². The summed E-state index contributed by atoms with van der Waals surface area (Å²) in [6.07, 6.45) is 1.70. The highest BCUT2D eigenvalue weighted by atomic mass is 16.3. The molecule has 1 aliphatic heterocycles. The number of hydrogen-bond donors (Lipinski definition) is 3. The fraction of sp³-hybridized carbons (Fsp3) is 0.0625. The van der Waals surface area contributed by atoms with Crippen molar-refractivity contribution in [1.82, 2.24) is 4.98 Å². The smallest absolute Gasteiger partial charge is 0.265 e. The van der Waals surface area contributed by atoms with Gasteiger partial charge in [0, 0.05) is 33.9 Å². The summed E-state index contributed by atoms with van der Waals surface area (Å²) in [6.45, 7) is 0. The van der Waals surface area contributed by atoms with Crippen LogP contribution in [-0.4, -0.2) is 16.0 Å². The Morgan fingerprint density at radius 3 is 2.60 bits per heavy atom. The Morgan fingerprint density at radius 1 is 0.950 bits per heavy atom. The molecule has 2 heterocycles. The lowest BCUT2D eigenvalue weighted by molar-refractivity contribution is -0.129. The van der Waals surface area contributed by atoms with E-state index in [1.165, 1.54) is 0 Å². The van der Waals surface area contributed by atoms with E-state index < -0.39 is 11.5 Å². The Morgan fingerprint density at radius 2 is 1.70 bits per heavy atom. The third-order valence-electron chi connectivity index (χ3n) is 3.87. The number of aliphatic hydroxyl groups is 1. The molecule has 2 aromatic carbocycles. The maximum Gasteiger partial charge on any atom is 0.265 e. The average Bonchev–Trinajstić information content (AvgIpc) is 3.01. The molecule has 4 rings (SSSR count). The van der Waals surface area contributed by atoms with E-state index in [9.17, 15) is 9.90 Å². The van der Waals surface area contributed by atoms with Gasteiger partial charge in [0.15, 0.2) is 5.60 Å². The number of anilines is 1. The van der Waals surface area contributed by atoms with Crippen LogP contribution < -0.4 is 5.32 Å². The SMILES string of the molecule is O=C1Nc2ccccc2[C@]1(O)c1c[nH]c2ccccc12. The zero-order valence-electron chi connectivity index (χ0n) is 10.6. The zero-order valence-corrected chi connectivity index (χ0v) is 10.6. The van der Waals surface area contributed by atoms with E-state index in [0.29, 0.717) is 16.8 Å². The number of rotatable bonds is 1. The second-order valence-corrected chi connectivity index (χ2v) is 4.96. The summed E-state index contributed by atoms with van der Waals surface area (Å²) in [7, 11) is 0. The predicted octanol–water partition coefficient (Wildman–Crippen LogP) is 2.36. The third kappa shape index (κ3) is 1.26. The van der Waals surface area contributed by atoms with Gasteiger partial charge in [0.2, 0.25) is 0 Å². The number of para-hydroxylation sites is 2. The van der Waals surface area contributed by atoms with E-state index in [0.717, 1.165) is 10.9 Å². The molecule has 0 radical (unpaired) electrons. The Balaban J connectivity index is 2.04. The van der Waals surface area contributed by atoms with Crippen molar-refractivity contribution >= 4 is 22.5 Å². The van der Waals surface area contributed by atoms with Crippen LogP contribution in [0.4, 0.5) is 5.69 Å². The minimum absolute atomic E-state index is 0.413. The van der Waals surface area contributed by atoms with E-state index in [1.54, 1.807) is 18.3 Å². The summed E-state index contributed by atoms with van der Waals surface area (Å²) in [5.74, 6) is -0.413. The van der Waals surface area contributed by atoms with Gasteiger partial charge in [-0.3, -0.25) is 4.79 Å². The lowest BCUT2D eigenvalue weighted by Crippen LogP contribution is -2.35. The van der Waals surface area contributed by atoms with Gasteiger partial charge in [0.1, 0.15) is 0 Å². The first-order valence-electron chi connectivity index (χ1n) is 6.41. The van der Waals surface area contributed by atoms with Crippen molar-refractivity contribution in [3.8, 4) is 0 Å². The van der Waals surface area contributed by atoms with Crippen molar-refractivity contribution in [2.45, 2.75) is 5.60 Å². The second-order valence-electron chi connectivity index (χ2n) is 4.96. The topological polar surface area (TPSA) is 65.1 Å². The molecule has 1 aliphatic rings. The number of nitrogens with one attached hydrogen (secondary N) is 2. The van der Waals surface area contributed by atoms with E-state index >= 15 is 0 Å². The number of H-pyrrole nitrogens is 1. The van der Waals surface area contributed by atoms with Gasteiger partial charge in [-0.25, -0.2) is 0 Å². The van der Waals surface area contributed by atoms with Crippen LogP contribution in [0.15, 0.2) is 54.7 Å². The number of fused-ring (bicyclic) bond motifs is 2. The van der Waals surface area contributed by atoms with Crippen LogP contribution in [0.2, 0.25) is 0 Å². The van der Waals surface area contributed by atoms with Gasteiger partial charge >= 0.3 is 0 Å². The van der Waals surface area contributed by atoms with Crippen LogP contribution in [0.1, 0.15) is 11.1 Å². The van der Waals surface area contributed by atoms with Crippen LogP contribution in [0.5, 0.6) is 0 Å². The van der Waals surface area contributed by atoms with Crippen molar-refractivity contribution in [3.63, 3.8) is 0 Å². The highest BCUT2D eigenvalue weighted by Crippen LogP contribution is 2.42. The van der Waals surface area contributed by atoms with E-state index in [4.69, 9.17) is 0 Å². The van der Waals surface area contributed by atoms with Crippen molar-refractivity contribution in [1.29, 1.82) is 0 Å². The Bertz CT molecular complexity index is 837. The first kappa shape index (κ1) is 11.3. The molecule has 3 N–H and O–H groups in total. The molecule has 1 atom stereocenters. The van der Waals surface area contributed by atoms with Crippen molar-refractivity contribution in [2.75, 3.05) is 5.32 Å². The quantitative estimate of drug-likeness (QED) is 0.631. The Labute approximate surface area is 115 Å². The Kier molecular flexibility index (Phi) is 2.09. The maximum absolute atomic E-state index is 12.3. The fourth-order valence-corrected chi connectivity index (χ4v) is 2.88. The number of hydrogen-bond acceptors (Lipinski definition) is 2. The summed E-state index contributed by atoms with van der Waals surface area (Å²) in [5, 5.41) is 14.6. The molecule has 0 aliphatic carbocycles. The number of benzene rings is 2. The monoisotopic (exact) mass is 264 g/mol. The van der Waals surface area contributed by atoms with Crippen molar-refractivity contribution in [3.05, 3.63) is 65.9 Å². The molecule has 20 heavy (non-hydrogen) atoms. The molecule has 0 bridgehead atoms. The highest BCUT2D eigenvalue weighted by Gasteiger charge is 2.47. The maximum atomic E-state index is 12.3. The van der Waals surface area contributed by atoms with Crippen LogP contribution >= 0.6 is 0 Å². The molecule has 0 fully saturated rings. The normalized spacial score (nSPS) is 20.9. The summed E-state index contributed by atoms with van der Waals surface area (Å²) in [6, 6.07) is 14.8. The first-order chi connectivity index (χ1) is 9.71. The largest absolute Gasteiger partial charge is 0.372 e. The van der Waals surface area contributed by atoms with Gasteiger partial charge in [0.25, 0.3) is 5.91 Å². The summed E-state index contributed by atoms with van der Waals surface area (Å²) in [4.78, 5) is 15.4. The lowest BCUT2D eigenvalue weighted by atomic mass is 9.87. The average molecular weight is 264 g/mol. The predicted molar refractivity (Wildman–Crippen MR) is 76.4 cm³/mol. The molecule has 0 saturated heterocycles. The molecule has 0 spiro atoms. The van der Waals surface area contributed by atoms with Crippen molar-refractivity contribution < 1.29 is 9.90 Å². The molecule has 4 nitrogen and oxygen atoms in total. The molecular weight excluding hydrogens is 252 g/mol. The minimum atomic E-state index is -1.64. The molecule has 4 heteroatoms. The highest BCUT2D eigenvalue weighted by molar-refractivity contribution is 6.09. The molecule has 98 valence electrons. The second kappa shape index (κ2) is 3.71. The minimum Gasteiger partial charge on any atom is -0.372 e. The number of amides is 1. The van der Waals surface area contributed by atoms with Crippen LogP contribution in [-0.2, 0) is 10.4 Å². The summed E-state index contributed by atoms with van der Waals surface area (Å²) < 4.78 is 0. The van der Waals surface area contributed by atoms with E-state index in [1.807, 2.05) is 36.4 Å². The molecular formula is C16H12N2O2. The third-order valence-corrected chi connectivity index (χ3v) is 3.87. The molecule has 0 saturated carbocycles. The van der Waals surface area contributed by atoms with Crippen molar-refractivity contribution in [2.24, 2.45) is 0 Å². The standard InChI is InChI=1S/C16H12N2O2/c19-15-16(20,11-6-2-4-8-14(11)18-15)12-9-17-13-7-3-1-5-10(12)13/h1-9,17,20H,(H,18,19)/t16-/m0/s1. The van der Waals surface area contributed by atoms with Crippen LogP contribution in [0, 0.1) is 0 Å². The molecule has 1 aromatic heterocycles. The summed E-state index contributed by atoms with van der Waals surface area (Å²) in [5.41, 5.74) is 1.08. The fourth-order valence-electron chi connectivity index (χ4n) is 2.88. The Hall–Kier alpha value is -2.59. The van der Waals surface area contributed by atoms with E-state index in [-0.39, 0.29) is 0 Å². The number of carbonyl (C=O) groups excluding carboxylic acids is 1. The van der Waals surface area contributed by atoms with Gasteiger partial charge in [-0.2, -0.15) is 0 Å². The molecule has 1 amide bonds. The summed E-state index contributed by atoms with van der Waals surface area (Å²) >= 11 is 0. The van der Waals surface area contributed by atoms with Gasteiger partial charge < -0.3 is 15.4 Å². The van der Waals surface area contributed by atoms with Gasteiger partial charge in [-0.1, -0.05) is 36.4 Å². The van der Waals surface area contributed by atoms with Gasteiger partial charge in [-0.05, 0) is 12.1 Å². The number of aromatic nitrogens is 1. The van der Waals surface area contributed by atoms with Gasteiger partial charge in [-0.15, -0.1) is 0 Å². The number of carbonyl (C=O) groups is 1. The zero-order chi connectivity index (χ0) is 13.7. The van der Waals surface area contributed by atoms with Crippen LogP contribution in [0.3, 0.4) is 0 Å². The molecule has 0 unspecified atom stereocenters. The number of aromatic amines is 1.